The van der Waals surface area contributed by atoms with Crippen LogP contribution in [0.5, 0.6) is 11.5 Å². The molecule has 114 valence electrons. The summed E-state index contributed by atoms with van der Waals surface area (Å²) in [5.41, 5.74) is 0.664. The van der Waals surface area contributed by atoms with Crippen LogP contribution in [0.25, 0.3) is 0 Å². The molecule has 1 fully saturated rings. The Kier molecular flexibility index (Phi) is 4.24. The largest absolute Gasteiger partial charge is 0.486 e. The SMILES string of the molecule is CC(Cl)C1CCN(C(=O)c2ccc3c(c2)OCCO3)CC1. The van der Waals surface area contributed by atoms with Crippen LogP contribution in [0.4, 0.5) is 0 Å². The van der Waals surface area contributed by atoms with Crippen LogP contribution in [-0.2, 0) is 0 Å². The van der Waals surface area contributed by atoms with Crippen LogP contribution in [0.2, 0.25) is 0 Å². The Bertz CT molecular complexity index is 524. The second kappa shape index (κ2) is 6.14. The molecule has 1 saturated heterocycles. The normalized spacial score (nSPS) is 20.2. The second-order valence-corrected chi connectivity index (χ2v) is 6.35. The van der Waals surface area contributed by atoms with Crippen LogP contribution >= 0.6 is 11.6 Å². The van der Waals surface area contributed by atoms with Gasteiger partial charge in [-0.1, -0.05) is 0 Å². The van der Waals surface area contributed by atoms with Crippen LogP contribution in [0, 0.1) is 5.92 Å². The highest BCUT2D eigenvalue weighted by atomic mass is 35.5. The van der Waals surface area contributed by atoms with Crippen LogP contribution in [-0.4, -0.2) is 42.5 Å². The third kappa shape index (κ3) is 3.10. The summed E-state index contributed by atoms with van der Waals surface area (Å²) >= 11 is 6.15. The summed E-state index contributed by atoms with van der Waals surface area (Å²) in [6.07, 6.45) is 1.95. The number of fused-ring (bicyclic) bond motifs is 1. The number of hydrogen-bond donors (Lipinski definition) is 0. The summed E-state index contributed by atoms with van der Waals surface area (Å²) < 4.78 is 11.0. The number of amides is 1. The Hall–Kier alpha value is -1.42. The number of nitrogens with zero attached hydrogens (tertiary/aromatic N) is 1. The second-order valence-electron chi connectivity index (χ2n) is 5.67. The summed E-state index contributed by atoms with van der Waals surface area (Å²) in [7, 11) is 0. The molecule has 0 saturated carbocycles. The first-order valence-electron chi connectivity index (χ1n) is 7.48. The van der Waals surface area contributed by atoms with E-state index in [1.807, 2.05) is 24.0 Å². The number of likely N-dealkylation sites (tertiary alicyclic amines) is 1. The highest BCUT2D eigenvalue weighted by Crippen LogP contribution is 2.32. The van der Waals surface area contributed by atoms with Gasteiger partial charge in [0.15, 0.2) is 11.5 Å². The first-order chi connectivity index (χ1) is 10.1. The molecule has 1 amide bonds. The minimum Gasteiger partial charge on any atom is -0.486 e. The number of rotatable bonds is 2. The fourth-order valence-corrected chi connectivity index (χ4v) is 3.17. The zero-order valence-corrected chi connectivity index (χ0v) is 12.9. The van der Waals surface area contributed by atoms with Gasteiger partial charge in [0.1, 0.15) is 13.2 Å². The van der Waals surface area contributed by atoms with Gasteiger partial charge in [-0.25, -0.2) is 0 Å². The first-order valence-corrected chi connectivity index (χ1v) is 7.92. The van der Waals surface area contributed by atoms with Crippen molar-refractivity contribution >= 4 is 17.5 Å². The minimum atomic E-state index is 0.0626. The van der Waals surface area contributed by atoms with E-state index in [1.54, 1.807) is 6.07 Å². The minimum absolute atomic E-state index is 0.0626. The third-order valence-corrected chi connectivity index (χ3v) is 4.62. The highest BCUT2D eigenvalue weighted by Gasteiger charge is 2.26. The van der Waals surface area contributed by atoms with E-state index in [9.17, 15) is 4.79 Å². The lowest BCUT2D eigenvalue weighted by molar-refractivity contribution is 0.0689. The lowest BCUT2D eigenvalue weighted by Crippen LogP contribution is -2.40. The Morgan fingerprint density at radius 3 is 2.57 bits per heavy atom. The number of carbonyl (C=O) groups is 1. The van der Waals surface area contributed by atoms with Crippen molar-refractivity contribution in [1.29, 1.82) is 0 Å². The molecule has 21 heavy (non-hydrogen) atoms. The molecule has 0 bridgehead atoms. The van der Waals surface area contributed by atoms with E-state index in [1.165, 1.54) is 0 Å². The molecule has 0 spiro atoms. The Labute approximate surface area is 130 Å². The molecule has 2 aliphatic heterocycles. The number of alkyl halides is 1. The van der Waals surface area contributed by atoms with Gasteiger partial charge in [0.05, 0.1) is 0 Å². The fourth-order valence-electron chi connectivity index (χ4n) is 2.92. The van der Waals surface area contributed by atoms with E-state index < -0.39 is 0 Å². The van der Waals surface area contributed by atoms with E-state index in [2.05, 4.69) is 0 Å². The molecular weight excluding hydrogens is 290 g/mol. The fraction of sp³-hybridized carbons (Fsp3) is 0.562. The molecule has 1 unspecified atom stereocenters. The molecule has 0 aromatic heterocycles. The molecule has 2 aliphatic rings. The first kappa shape index (κ1) is 14.5. The molecule has 1 atom stereocenters. The van der Waals surface area contributed by atoms with Crippen LogP contribution in [0.3, 0.4) is 0 Å². The molecule has 5 heteroatoms. The molecule has 0 N–H and O–H groups in total. The van der Waals surface area contributed by atoms with Gasteiger partial charge in [0, 0.05) is 24.0 Å². The summed E-state index contributed by atoms with van der Waals surface area (Å²) in [6.45, 7) is 4.67. The predicted molar refractivity (Wildman–Crippen MR) is 81.4 cm³/mol. The van der Waals surface area contributed by atoms with Crippen molar-refractivity contribution in [2.45, 2.75) is 25.1 Å². The van der Waals surface area contributed by atoms with Gasteiger partial charge < -0.3 is 14.4 Å². The van der Waals surface area contributed by atoms with Gasteiger partial charge in [-0.2, -0.15) is 0 Å². The van der Waals surface area contributed by atoms with E-state index in [0.29, 0.717) is 36.2 Å². The summed E-state index contributed by atoms with van der Waals surface area (Å²) in [6, 6.07) is 5.41. The standard InChI is InChI=1S/C16H20ClNO3/c1-11(17)12-4-6-18(7-5-12)16(19)13-2-3-14-15(10-13)21-9-8-20-14/h2-3,10-12H,4-9H2,1H3. The maximum atomic E-state index is 12.6. The smallest absolute Gasteiger partial charge is 0.253 e. The average Bonchev–Trinajstić information content (AvgIpc) is 2.54. The van der Waals surface area contributed by atoms with Crippen LogP contribution in [0.15, 0.2) is 18.2 Å². The van der Waals surface area contributed by atoms with Crippen LogP contribution in [0.1, 0.15) is 30.1 Å². The monoisotopic (exact) mass is 309 g/mol. The molecule has 1 aromatic carbocycles. The highest BCUT2D eigenvalue weighted by molar-refractivity contribution is 6.20. The third-order valence-electron chi connectivity index (χ3n) is 4.27. The van der Waals surface area contributed by atoms with E-state index in [-0.39, 0.29) is 11.3 Å². The zero-order chi connectivity index (χ0) is 14.8. The maximum Gasteiger partial charge on any atom is 0.253 e. The molecule has 1 aromatic rings. The average molecular weight is 310 g/mol. The number of benzene rings is 1. The van der Waals surface area contributed by atoms with Gasteiger partial charge in [-0.15, -0.1) is 11.6 Å². The lowest BCUT2D eigenvalue weighted by Gasteiger charge is -2.33. The number of halogens is 1. The summed E-state index contributed by atoms with van der Waals surface area (Å²) in [5.74, 6) is 1.95. The number of ether oxygens (including phenoxy) is 2. The Morgan fingerprint density at radius 2 is 1.90 bits per heavy atom. The quantitative estimate of drug-likeness (QED) is 0.789. The zero-order valence-electron chi connectivity index (χ0n) is 12.2. The van der Waals surface area contributed by atoms with Crippen molar-refractivity contribution in [3.63, 3.8) is 0 Å². The number of carbonyl (C=O) groups excluding carboxylic acids is 1. The van der Waals surface area contributed by atoms with Crippen LogP contribution < -0.4 is 9.47 Å². The van der Waals surface area contributed by atoms with Gasteiger partial charge >= 0.3 is 0 Å². The number of piperidine rings is 1. The topological polar surface area (TPSA) is 38.8 Å². The molecule has 0 radical (unpaired) electrons. The van der Waals surface area contributed by atoms with E-state index in [0.717, 1.165) is 25.9 Å². The van der Waals surface area contributed by atoms with Gasteiger partial charge in [-0.3, -0.25) is 4.79 Å². The van der Waals surface area contributed by atoms with Crippen molar-refractivity contribution in [3.8, 4) is 11.5 Å². The van der Waals surface area contributed by atoms with Gasteiger partial charge in [-0.05, 0) is 43.9 Å². The Morgan fingerprint density at radius 1 is 1.24 bits per heavy atom. The molecule has 3 rings (SSSR count). The Balaban J connectivity index is 1.68. The molecule has 4 nitrogen and oxygen atoms in total. The van der Waals surface area contributed by atoms with Gasteiger partial charge in [0.25, 0.3) is 5.91 Å². The summed E-state index contributed by atoms with van der Waals surface area (Å²) in [4.78, 5) is 14.5. The number of hydrogen-bond acceptors (Lipinski definition) is 3. The van der Waals surface area contributed by atoms with E-state index in [4.69, 9.17) is 21.1 Å². The van der Waals surface area contributed by atoms with Crippen molar-refractivity contribution in [3.05, 3.63) is 23.8 Å². The van der Waals surface area contributed by atoms with Crippen molar-refractivity contribution in [1.82, 2.24) is 4.90 Å². The molecule has 2 heterocycles. The van der Waals surface area contributed by atoms with Crippen molar-refractivity contribution < 1.29 is 14.3 Å². The lowest BCUT2D eigenvalue weighted by atomic mass is 9.93. The summed E-state index contributed by atoms with van der Waals surface area (Å²) in [5, 5.41) is 0.177. The molecular formula is C16H20ClNO3. The maximum absolute atomic E-state index is 12.6. The molecule has 0 aliphatic carbocycles. The van der Waals surface area contributed by atoms with Crippen molar-refractivity contribution in [2.75, 3.05) is 26.3 Å². The van der Waals surface area contributed by atoms with E-state index >= 15 is 0 Å². The van der Waals surface area contributed by atoms with Crippen molar-refractivity contribution in [2.24, 2.45) is 5.92 Å². The van der Waals surface area contributed by atoms with Gasteiger partial charge in [0.2, 0.25) is 0 Å². The predicted octanol–water partition coefficient (Wildman–Crippen LogP) is 2.94.